The van der Waals surface area contributed by atoms with E-state index >= 15 is 0 Å². The van der Waals surface area contributed by atoms with E-state index in [1.54, 1.807) is 18.6 Å². The van der Waals surface area contributed by atoms with E-state index in [4.69, 9.17) is 0 Å². The summed E-state index contributed by atoms with van der Waals surface area (Å²) in [6.45, 7) is 3.61. The van der Waals surface area contributed by atoms with Crippen LogP contribution in [0.2, 0.25) is 0 Å². The summed E-state index contributed by atoms with van der Waals surface area (Å²) in [4.78, 5) is 10.4. The number of nitrogens with zero attached hydrogens (tertiary/aromatic N) is 3. The predicted octanol–water partition coefficient (Wildman–Crippen LogP) is 3.42. The molecule has 1 aromatic carbocycles. The molecular weight excluding hydrogens is 317 g/mol. The highest BCUT2D eigenvalue weighted by Gasteiger charge is 2.31. The molecule has 1 fully saturated rings. The van der Waals surface area contributed by atoms with E-state index in [0.29, 0.717) is 0 Å². The lowest BCUT2D eigenvalue weighted by Gasteiger charge is -2.21. The third-order valence-corrected chi connectivity index (χ3v) is 4.26. The minimum absolute atomic E-state index is 0.0799. The third-order valence-electron chi connectivity index (χ3n) is 4.26. The Bertz CT molecular complexity index is 658. The first-order valence-corrected chi connectivity index (χ1v) is 7.87. The molecule has 3 rings (SSSR count). The summed E-state index contributed by atoms with van der Waals surface area (Å²) in [6, 6.07) is 5.70. The Labute approximate surface area is 138 Å². The summed E-state index contributed by atoms with van der Waals surface area (Å²) in [5.41, 5.74) is 1.08. The summed E-state index contributed by atoms with van der Waals surface area (Å²) in [7, 11) is 0. The first kappa shape index (κ1) is 16.7. The van der Waals surface area contributed by atoms with Gasteiger partial charge in [0.25, 0.3) is 0 Å². The van der Waals surface area contributed by atoms with E-state index in [9.17, 15) is 13.2 Å². The lowest BCUT2D eigenvalue weighted by Crippen LogP contribution is -2.34. The predicted molar refractivity (Wildman–Crippen MR) is 85.6 cm³/mol. The van der Waals surface area contributed by atoms with Crippen LogP contribution in [0.3, 0.4) is 0 Å². The van der Waals surface area contributed by atoms with E-state index in [-0.39, 0.29) is 12.1 Å². The zero-order chi connectivity index (χ0) is 17.2. The Hall–Kier alpha value is -2.15. The molecule has 0 radical (unpaired) electrons. The lowest BCUT2D eigenvalue weighted by molar-refractivity contribution is -0.137. The van der Waals surface area contributed by atoms with Crippen molar-refractivity contribution in [1.82, 2.24) is 15.3 Å². The lowest BCUT2D eigenvalue weighted by atomic mass is 10.2. The van der Waals surface area contributed by atoms with Crippen molar-refractivity contribution < 1.29 is 13.2 Å². The Morgan fingerprint density at radius 1 is 1.21 bits per heavy atom. The molecule has 24 heavy (non-hydrogen) atoms. The molecular formula is C17H19F3N4. The second-order valence-corrected chi connectivity index (χ2v) is 5.99. The van der Waals surface area contributed by atoms with Gasteiger partial charge in [-0.15, -0.1) is 0 Å². The largest absolute Gasteiger partial charge is 0.416 e. The summed E-state index contributed by atoms with van der Waals surface area (Å²) in [5.74, 6) is 0. The van der Waals surface area contributed by atoms with Gasteiger partial charge in [-0.1, -0.05) is 0 Å². The number of benzene rings is 1. The van der Waals surface area contributed by atoms with Crippen molar-refractivity contribution in [2.45, 2.75) is 31.6 Å². The van der Waals surface area contributed by atoms with Crippen molar-refractivity contribution in [2.75, 3.05) is 18.0 Å². The van der Waals surface area contributed by atoms with Gasteiger partial charge in [0.15, 0.2) is 0 Å². The van der Waals surface area contributed by atoms with Crippen molar-refractivity contribution in [2.24, 2.45) is 0 Å². The normalized spacial score (nSPS) is 19.5. The van der Waals surface area contributed by atoms with Gasteiger partial charge < -0.3 is 10.2 Å². The van der Waals surface area contributed by atoms with Crippen LogP contribution >= 0.6 is 0 Å². The van der Waals surface area contributed by atoms with E-state index in [0.717, 1.165) is 43.0 Å². The second-order valence-electron chi connectivity index (χ2n) is 5.99. The number of aromatic nitrogens is 2. The number of hydrogen-bond donors (Lipinski definition) is 1. The molecule has 0 bridgehead atoms. The molecule has 4 nitrogen and oxygen atoms in total. The number of anilines is 1. The van der Waals surface area contributed by atoms with Crippen molar-refractivity contribution >= 4 is 5.69 Å². The standard InChI is InChI=1S/C17H19F3N4/c1-12(16-10-21-7-8-22-16)23-14-6-9-24(11-14)15-4-2-13(3-5-15)17(18,19)20/h2-5,7-8,10,12,14,23H,6,9,11H2,1H3/t12-,14+/m1/s1. The monoisotopic (exact) mass is 336 g/mol. The molecule has 1 N–H and O–H groups in total. The van der Waals surface area contributed by atoms with Gasteiger partial charge in [-0.25, -0.2) is 0 Å². The van der Waals surface area contributed by atoms with E-state index in [1.807, 2.05) is 6.92 Å². The Kier molecular flexibility index (Phi) is 4.71. The highest BCUT2D eigenvalue weighted by Crippen LogP contribution is 2.31. The molecule has 2 atom stereocenters. The van der Waals surface area contributed by atoms with E-state index < -0.39 is 11.7 Å². The van der Waals surface area contributed by atoms with Crippen LogP contribution in [0.25, 0.3) is 0 Å². The fourth-order valence-electron chi connectivity index (χ4n) is 2.97. The Morgan fingerprint density at radius 3 is 2.58 bits per heavy atom. The second kappa shape index (κ2) is 6.76. The summed E-state index contributed by atoms with van der Waals surface area (Å²) in [6.07, 6.45) is 1.68. The van der Waals surface area contributed by atoms with Crippen LogP contribution in [-0.4, -0.2) is 29.1 Å². The molecule has 1 aromatic heterocycles. The van der Waals surface area contributed by atoms with Gasteiger partial charge in [-0.05, 0) is 37.6 Å². The molecule has 1 aliphatic heterocycles. The van der Waals surface area contributed by atoms with Crippen LogP contribution in [0.4, 0.5) is 18.9 Å². The maximum absolute atomic E-state index is 12.6. The molecule has 0 saturated carbocycles. The molecule has 0 unspecified atom stereocenters. The SMILES string of the molecule is C[C@@H](N[C@H]1CCN(c2ccc(C(F)(F)F)cc2)C1)c1cnccn1. The number of rotatable bonds is 4. The van der Waals surface area contributed by atoms with Crippen LogP contribution in [-0.2, 0) is 6.18 Å². The number of hydrogen-bond acceptors (Lipinski definition) is 4. The zero-order valence-corrected chi connectivity index (χ0v) is 13.3. The topological polar surface area (TPSA) is 41.0 Å². The smallest absolute Gasteiger partial charge is 0.370 e. The minimum atomic E-state index is -4.29. The van der Waals surface area contributed by atoms with Gasteiger partial charge in [0.2, 0.25) is 0 Å². The maximum atomic E-state index is 12.6. The van der Waals surface area contributed by atoms with Crippen LogP contribution in [0.5, 0.6) is 0 Å². The fourth-order valence-corrected chi connectivity index (χ4v) is 2.97. The van der Waals surface area contributed by atoms with Crippen molar-refractivity contribution in [3.05, 3.63) is 54.1 Å². The van der Waals surface area contributed by atoms with Crippen LogP contribution in [0.15, 0.2) is 42.9 Å². The minimum Gasteiger partial charge on any atom is -0.370 e. The van der Waals surface area contributed by atoms with E-state index in [2.05, 4.69) is 20.2 Å². The Morgan fingerprint density at radius 2 is 1.96 bits per heavy atom. The average molecular weight is 336 g/mol. The van der Waals surface area contributed by atoms with Crippen LogP contribution in [0.1, 0.15) is 30.6 Å². The quantitative estimate of drug-likeness (QED) is 0.929. The molecule has 2 aromatic rings. The first-order valence-electron chi connectivity index (χ1n) is 7.87. The highest BCUT2D eigenvalue weighted by molar-refractivity contribution is 5.49. The molecule has 1 saturated heterocycles. The number of halogens is 3. The molecule has 2 heterocycles. The molecule has 128 valence electrons. The highest BCUT2D eigenvalue weighted by atomic mass is 19.4. The third kappa shape index (κ3) is 3.84. The van der Waals surface area contributed by atoms with Gasteiger partial charge in [0, 0.05) is 49.5 Å². The van der Waals surface area contributed by atoms with Gasteiger partial charge in [0.1, 0.15) is 0 Å². The first-order chi connectivity index (χ1) is 11.4. The molecule has 0 amide bonds. The maximum Gasteiger partial charge on any atom is 0.416 e. The summed E-state index contributed by atoms with van der Waals surface area (Å²) < 4.78 is 37.9. The molecule has 1 aliphatic rings. The van der Waals surface area contributed by atoms with Gasteiger partial charge >= 0.3 is 6.18 Å². The van der Waals surface area contributed by atoms with E-state index in [1.165, 1.54) is 12.1 Å². The fraction of sp³-hybridized carbons (Fsp3) is 0.412. The van der Waals surface area contributed by atoms with Crippen LogP contribution < -0.4 is 10.2 Å². The zero-order valence-electron chi connectivity index (χ0n) is 13.3. The molecule has 7 heteroatoms. The molecule has 0 aliphatic carbocycles. The van der Waals surface area contributed by atoms with Crippen molar-refractivity contribution in [1.29, 1.82) is 0 Å². The van der Waals surface area contributed by atoms with Crippen LogP contribution in [0, 0.1) is 0 Å². The van der Waals surface area contributed by atoms with Gasteiger partial charge in [-0.3, -0.25) is 9.97 Å². The summed E-state index contributed by atoms with van der Waals surface area (Å²) in [5, 5.41) is 3.51. The average Bonchev–Trinajstić information content (AvgIpc) is 3.03. The summed E-state index contributed by atoms with van der Waals surface area (Å²) >= 11 is 0. The Balaban J connectivity index is 1.59. The van der Waals surface area contributed by atoms with Crippen molar-refractivity contribution in [3.8, 4) is 0 Å². The van der Waals surface area contributed by atoms with Gasteiger partial charge in [0.05, 0.1) is 11.3 Å². The van der Waals surface area contributed by atoms with Gasteiger partial charge in [-0.2, -0.15) is 13.2 Å². The molecule has 0 spiro atoms. The van der Waals surface area contributed by atoms with Crippen molar-refractivity contribution in [3.63, 3.8) is 0 Å². The number of nitrogens with one attached hydrogen (secondary N) is 1. The number of alkyl halides is 3.